The van der Waals surface area contributed by atoms with Gasteiger partial charge in [0.1, 0.15) is 18.1 Å². The number of nitrogens with zero attached hydrogens (tertiary/aromatic N) is 2. The van der Waals surface area contributed by atoms with Gasteiger partial charge in [0.15, 0.2) is 11.5 Å². The van der Waals surface area contributed by atoms with Gasteiger partial charge in [-0.25, -0.2) is 9.18 Å². The average Bonchev–Trinajstić information content (AvgIpc) is 3.33. The minimum Gasteiger partial charge on any atom is -0.493 e. The zero-order chi connectivity index (χ0) is 23.5. The van der Waals surface area contributed by atoms with Crippen LogP contribution in [0.5, 0.6) is 11.5 Å². The van der Waals surface area contributed by atoms with Crippen LogP contribution in [0.25, 0.3) is 10.9 Å². The Morgan fingerprint density at radius 3 is 2.36 bits per heavy atom. The number of hydrogen-bond donors (Lipinski definition) is 1. The van der Waals surface area contributed by atoms with Gasteiger partial charge in [-0.1, -0.05) is 0 Å². The summed E-state index contributed by atoms with van der Waals surface area (Å²) >= 11 is 0. The minimum absolute atomic E-state index is 0.117. The van der Waals surface area contributed by atoms with E-state index in [9.17, 15) is 18.8 Å². The molecule has 0 aliphatic carbocycles. The quantitative estimate of drug-likeness (QED) is 0.461. The van der Waals surface area contributed by atoms with Crippen molar-refractivity contribution in [2.75, 3.05) is 19.5 Å². The van der Waals surface area contributed by atoms with Gasteiger partial charge < -0.3 is 19.2 Å². The summed E-state index contributed by atoms with van der Waals surface area (Å²) in [5.41, 5.74) is -0.706. The van der Waals surface area contributed by atoms with Crippen LogP contribution in [-0.4, -0.2) is 29.3 Å². The van der Waals surface area contributed by atoms with Gasteiger partial charge >= 0.3 is 5.69 Å². The summed E-state index contributed by atoms with van der Waals surface area (Å²) in [6.45, 7) is -0.519. The van der Waals surface area contributed by atoms with Gasteiger partial charge in [0.2, 0.25) is 5.91 Å². The Morgan fingerprint density at radius 1 is 1.03 bits per heavy atom. The van der Waals surface area contributed by atoms with Crippen LogP contribution in [0, 0.1) is 5.82 Å². The molecule has 0 radical (unpaired) electrons. The van der Waals surface area contributed by atoms with Gasteiger partial charge in [0, 0.05) is 11.8 Å². The van der Waals surface area contributed by atoms with Gasteiger partial charge in [0.05, 0.1) is 37.9 Å². The number of amides is 1. The van der Waals surface area contributed by atoms with E-state index in [1.165, 1.54) is 61.4 Å². The summed E-state index contributed by atoms with van der Waals surface area (Å²) in [6.07, 6.45) is 1.43. The largest absolute Gasteiger partial charge is 0.493 e. The van der Waals surface area contributed by atoms with Crippen molar-refractivity contribution in [1.29, 1.82) is 0 Å². The fraction of sp³-hybridized carbons (Fsp3) is 0.174. The third-order valence-corrected chi connectivity index (χ3v) is 5.05. The lowest BCUT2D eigenvalue weighted by atomic mass is 10.2. The van der Waals surface area contributed by atoms with E-state index in [1.807, 2.05) is 0 Å². The Bertz CT molecular complexity index is 1420. The first-order valence-electron chi connectivity index (χ1n) is 9.88. The first-order chi connectivity index (χ1) is 15.9. The van der Waals surface area contributed by atoms with Gasteiger partial charge in [-0.3, -0.25) is 18.7 Å². The van der Waals surface area contributed by atoms with Crippen molar-refractivity contribution < 1.29 is 23.1 Å². The summed E-state index contributed by atoms with van der Waals surface area (Å²) in [6, 6.07) is 11.4. The van der Waals surface area contributed by atoms with E-state index < -0.39 is 29.5 Å². The summed E-state index contributed by atoms with van der Waals surface area (Å²) < 4.78 is 31.2. The van der Waals surface area contributed by atoms with Crippen molar-refractivity contribution >= 4 is 22.5 Å². The SMILES string of the molecule is COc1cc2c(=O)n(Cc3ccco3)c(=O)n(CC(=O)Nc3ccc(F)cc3)c2cc1OC. The molecule has 4 aromatic rings. The fourth-order valence-corrected chi connectivity index (χ4v) is 3.47. The molecule has 33 heavy (non-hydrogen) atoms. The zero-order valence-electron chi connectivity index (χ0n) is 17.8. The van der Waals surface area contributed by atoms with Crippen molar-refractivity contribution in [3.8, 4) is 11.5 Å². The number of nitrogens with one attached hydrogen (secondary N) is 1. The molecule has 4 rings (SSSR count). The molecule has 0 fully saturated rings. The number of halogens is 1. The van der Waals surface area contributed by atoms with Crippen LogP contribution in [0.2, 0.25) is 0 Å². The van der Waals surface area contributed by atoms with E-state index >= 15 is 0 Å². The highest BCUT2D eigenvalue weighted by Gasteiger charge is 2.19. The molecule has 9 nitrogen and oxygen atoms in total. The highest BCUT2D eigenvalue weighted by atomic mass is 19.1. The highest BCUT2D eigenvalue weighted by molar-refractivity contribution is 5.92. The number of carbonyl (C=O) groups is 1. The van der Waals surface area contributed by atoms with E-state index in [0.717, 1.165) is 4.57 Å². The first-order valence-corrected chi connectivity index (χ1v) is 9.88. The van der Waals surface area contributed by atoms with Crippen molar-refractivity contribution in [3.63, 3.8) is 0 Å². The molecule has 1 amide bonds. The summed E-state index contributed by atoms with van der Waals surface area (Å²) in [7, 11) is 2.85. The smallest absolute Gasteiger partial charge is 0.332 e. The second kappa shape index (κ2) is 9.03. The number of aromatic nitrogens is 2. The molecule has 2 heterocycles. The predicted octanol–water partition coefficient (Wildman–Crippen LogP) is 2.60. The lowest BCUT2D eigenvalue weighted by molar-refractivity contribution is -0.116. The standard InChI is InChI=1S/C23H20FN3O6/c1-31-19-10-17-18(11-20(19)32-2)26(13-21(28)25-15-7-5-14(24)6-8-15)23(30)27(22(17)29)12-16-4-3-9-33-16/h3-11H,12-13H2,1-2H3,(H,25,28). The third-order valence-electron chi connectivity index (χ3n) is 5.05. The maximum atomic E-state index is 13.3. The molecule has 0 bridgehead atoms. The molecule has 0 saturated heterocycles. The first kappa shape index (κ1) is 21.9. The number of benzene rings is 2. The highest BCUT2D eigenvalue weighted by Crippen LogP contribution is 2.30. The van der Waals surface area contributed by atoms with Crippen LogP contribution >= 0.6 is 0 Å². The van der Waals surface area contributed by atoms with E-state index in [0.29, 0.717) is 22.9 Å². The summed E-state index contributed by atoms with van der Waals surface area (Å²) in [5, 5.41) is 2.77. The van der Waals surface area contributed by atoms with Crippen LogP contribution in [0.1, 0.15) is 5.76 Å². The molecule has 0 unspecified atom stereocenters. The average molecular weight is 453 g/mol. The molecule has 0 aliphatic heterocycles. The van der Waals surface area contributed by atoms with E-state index in [1.54, 1.807) is 12.1 Å². The molecule has 2 aromatic carbocycles. The number of fused-ring (bicyclic) bond motifs is 1. The topological polar surface area (TPSA) is 105 Å². The Labute approximate surface area is 186 Å². The zero-order valence-corrected chi connectivity index (χ0v) is 17.8. The van der Waals surface area contributed by atoms with Crippen LogP contribution in [0.15, 0.2) is 68.8 Å². The second-order valence-corrected chi connectivity index (χ2v) is 7.12. The van der Waals surface area contributed by atoms with Crippen molar-refractivity contribution in [2.24, 2.45) is 0 Å². The monoisotopic (exact) mass is 453 g/mol. The second-order valence-electron chi connectivity index (χ2n) is 7.12. The number of furan rings is 1. The Balaban J connectivity index is 1.84. The molecule has 0 saturated carbocycles. The molecule has 0 aliphatic rings. The molecular formula is C23H20FN3O6. The molecule has 10 heteroatoms. The minimum atomic E-state index is -0.703. The van der Waals surface area contributed by atoms with Crippen LogP contribution in [-0.2, 0) is 17.9 Å². The normalized spacial score (nSPS) is 10.9. The lowest BCUT2D eigenvalue weighted by Crippen LogP contribution is -2.42. The summed E-state index contributed by atoms with van der Waals surface area (Å²) in [5.74, 6) is 0.00785. The molecule has 0 atom stereocenters. The van der Waals surface area contributed by atoms with Crippen LogP contribution in [0.3, 0.4) is 0 Å². The van der Waals surface area contributed by atoms with E-state index in [4.69, 9.17) is 13.9 Å². The molecule has 0 spiro atoms. The van der Waals surface area contributed by atoms with E-state index in [-0.39, 0.29) is 17.4 Å². The fourth-order valence-electron chi connectivity index (χ4n) is 3.47. The predicted molar refractivity (Wildman–Crippen MR) is 118 cm³/mol. The number of anilines is 1. The van der Waals surface area contributed by atoms with Crippen molar-refractivity contribution in [1.82, 2.24) is 9.13 Å². The van der Waals surface area contributed by atoms with E-state index in [2.05, 4.69) is 5.32 Å². The van der Waals surface area contributed by atoms with Gasteiger partial charge in [-0.2, -0.15) is 0 Å². The van der Waals surface area contributed by atoms with Crippen LogP contribution in [0.4, 0.5) is 10.1 Å². The number of ether oxygens (including phenoxy) is 2. The van der Waals surface area contributed by atoms with Crippen molar-refractivity contribution in [2.45, 2.75) is 13.1 Å². The Hall–Kier alpha value is -4.34. The Morgan fingerprint density at radius 2 is 1.73 bits per heavy atom. The summed E-state index contributed by atoms with van der Waals surface area (Å²) in [4.78, 5) is 39.2. The maximum Gasteiger partial charge on any atom is 0.332 e. The third kappa shape index (κ3) is 4.36. The van der Waals surface area contributed by atoms with Gasteiger partial charge in [0.25, 0.3) is 5.56 Å². The number of rotatable bonds is 7. The number of carbonyl (C=O) groups excluding carboxylic acids is 1. The van der Waals surface area contributed by atoms with Crippen LogP contribution < -0.4 is 26.0 Å². The molecule has 170 valence electrons. The molecule has 1 N–H and O–H groups in total. The molecular weight excluding hydrogens is 433 g/mol. The van der Waals surface area contributed by atoms with Gasteiger partial charge in [-0.05, 0) is 42.5 Å². The lowest BCUT2D eigenvalue weighted by Gasteiger charge is -2.16. The van der Waals surface area contributed by atoms with Gasteiger partial charge in [-0.15, -0.1) is 0 Å². The maximum absolute atomic E-state index is 13.3. The number of hydrogen-bond acceptors (Lipinski definition) is 6. The Kier molecular flexibility index (Phi) is 5.99. The molecule has 2 aromatic heterocycles. The van der Waals surface area contributed by atoms with Crippen molar-refractivity contribution in [3.05, 3.63) is 87.2 Å². The number of methoxy groups -OCH3 is 2.